The van der Waals surface area contributed by atoms with Gasteiger partial charge in [0.1, 0.15) is 12.7 Å². The van der Waals surface area contributed by atoms with E-state index in [9.17, 15) is 0 Å². The topological polar surface area (TPSA) is 8.81 Å². The molecule has 2 nitrogen and oxygen atoms in total. The third-order valence-corrected chi connectivity index (χ3v) is 3.89. The summed E-state index contributed by atoms with van der Waals surface area (Å²) < 4.78 is 4.87. The molecule has 0 radical (unpaired) electrons. The molecule has 0 fully saturated rings. The average Bonchev–Trinajstić information content (AvgIpc) is 2.64. The van der Waals surface area contributed by atoms with Crippen molar-refractivity contribution >= 4 is 0 Å². The van der Waals surface area contributed by atoms with Crippen molar-refractivity contribution in [2.24, 2.45) is 0 Å². The number of halogens is 1. The zero-order valence-corrected chi connectivity index (χ0v) is 13.9. The Morgan fingerprint density at radius 1 is 1.15 bits per heavy atom. The summed E-state index contributed by atoms with van der Waals surface area (Å²) in [5.41, 5.74) is 2.66. The van der Waals surface area contributed by atoms with E-state index in [1.54, 1.807) is 0 Å². The maximum atomic E-state index is 3.88. The van der Waals surface area contributed by atoms with Crippen LogP contribution in [0.5, 0.6) is 0 Å². The third-order valence-electron chi connectivity index (χ3n) is 3.89. The van der Waals surface area contributed by atoms with Gasteiger partial charge < -0.3 is 24.0 Å². The molecule has 0 saturated heterocycles. The molecular weight excluding hydrogens is 359 g/mol. The fraction of sp³-hybridized carbons (Fsp3) is 0.353. The molecule has 2 heterocycles. The fourth-order valence-corrected chi connectivity index (χ4v) is 2.98. The van der Waals surface area contributed by atoms with Gasteiger partial charge in [0.05, 0.1) is 6.54 Å². The molecule has 0 unspecified atom stereocenters. The normalized spacial score (nSPS) is 14.0. The van der Waals surface area contributed by atoms with Crippen molar-refractivity contribution in [1.29, 1.82) is 0 Å². The van der Waals surface area contributed by atoms with Crippen molar-refractivity contribution in [2.45, 2.75) is 38.8 Å². The Balaban J connectivity index is 0.00000147. The molecule has 3 heteroatoms. The van der Waals surface area contributed by atoms with Crippen LogP contribution in [0.1, 0.15) is 25.1 Å². The smallest absolute Gasteiger partial charge is 0.257 e. The molecule has 1 aromatic heterocycles. The minimum Gasteiger partial charge on any atom is -1.00 e. The van der Waals surface area contributed by atoms with E-state index < -0.39 is 0 Å². The number of imidazole rings is 1. The van der Waals surface area contributed by atoms with Crippen molar-refractivity contribution in [2.75, 3.05) is 0 Å². The van der Waals surface area contributed by atoms with E-state index in [0.717, 1.165) is 13.1 Å². The Morgan fingerprint density at radius 2 is 1.95 bits per heavy atom. The predicted molar refractivity (Wildman–Crippen MR) is 77.8 cm³/mol. The fourth-order valence-electron chi connectivity index (χ4n) is 2.98. The number of allylic oxidation sites excluding steroid dienone is 1. The highest BCUT2D eigenvalue weighted by atomic mass is 127. The van der Waals surface area contributed by atoms with Gasteiger partial charge in [-0.1, -0.05) is 43.0 Å². The Morgan fingerprint density at radius 3 is 2.70 bits per heavy atom. The summed E-state index contributed by atoms with van der Waals surface area (Å²) in [5.74, 6) is 1.45. The summed E-state index contributed by atoms with van der Waals surface area (Å²) in [5, 5.41) is 0. The summed E-state index contributed by atoms with van der Waals surface area (Å²) in [4.78, 5) is 0. The molecule has 0 amide bonds. The van der Waals surface area contributed by atoms with Crippen LogP contribution in [0.4, 0.5) is 0 Å². The standard InChI is InChI=1S/C17H21N2.HI/c1-2-12-18-14-16(15-9-5-3-6-10-15)19-13-8-4-7-11-17(18)19;/h2-3,5-6,9-10,14H,1,4,7-8,11-13H2;1H/q+1;/p-1. The van der Waals surface area contributed by atoms with E-state index in [0.29, 0.717) is 0 Å². The monoisotopic (exact) mass is 380 g/mol. The minimum atomic E-state index is 0. The zero-order chi connectivity index (χ0) is 13.1. The molecule has 1 aromatic carbocycles. The summed E-state index contributed by atoms with van der Waals surface area (Å²) in [6.45, 7) is 5.93. The van der Waals surface area contributed by atoms with Crippen molar-refractivity contribution in [3.05, 3.63) is 55.0 Å². The molecule has 3 rings (SSSR count). The summed E-state index contributed by atoms with van der Waals surface area (Å²) in [6, 6.07) is 10.7. The number of hydrogen-bond donors (Lipinski definition) is 0. The van der Waals surface area contributed by atoms with E-state index in [4.69, 9.17) is 0 Å². The van der Waals surface area contributed by atoms with Gasteiger partial charge >= 0.3 is 0 Å². The van der Waals surface area contributed by atoms with Gasteiger partial charge in [-0.25, -0.2) is 9.13 Å². The van der Waals surface area contributed by atoms with E-state index in [-0.39, 0.29) is 24.0 Å². The Hall–Kier alpha value is -1.10. The first-order valence-corrected chi connectivity index (χ1v) is 7.18. The largest absolute Gasteiger partial charge is 1.00 e. The van der Waals surface area contributed by atoms with Crippen LogP contribution in [0, 0.1) is 0 Å². The third kappa shape index (κ3) is 2.97. The maximum absolute atomic E-state index is 3.88. The highest BCUT2D eigenvalue weighted by molar-refractivity contribution is 5.58. The van der Waals surface area contributed by atoms with Crippen LogP contribution in [0.3, 0.4) is 0 Å². The zero-order valence-electron chi connectivity index (χ0n) is 11.8. The van der Waals surface area contributed by atoms with E-state index in [1.165, 1.54) is 42.8 Å². The summed E-state index contributed by atoms with van der Waals surface area (Å²) in [7, 11) is 0. The number of hydrogen-bond acceptors (Lipinski definition) is 0. The second kappa shape index (κ2) is 7.07. The highest BCUT2D eigenvalue weighted by Crippen LogP contribution is 2.23. The predicted octanol–water partition coefficient (Wildman–Crippen LogP) is 0.359. The molecule has 0 aliphatic carbocycles. The van der Waals surface area contributed by atoms with Gasteiger partial charge in [-0.3, -0.25) is 0 Å². The first kappa shape index (κ1) is 15.3. The second-order valence-electron chi connectivity index (χ2n) is 5.20. The van der Waals surface area contributed by atoms with Crippen molar-refractivity contribution in [1.82, 2.24) is 4.57 Å². The van der Waals surface area contributed by atoms with Gasteiger partial charge in [-0.15, -0.1) is 0 Å². The van der Waals surface area contributed by atoms with E-state index in [2.05, 4.69) is 52.2 Å². The lowest BCUT2D eigenvalue weighted by atomic mass is 10.1. The molecule has 1 aliphatic rings. The number of nitrogens with zero attached hydrogens (tertiary/aromatic N) is 2. The van der Waals surface area contributed by atoms with Gasteiger partial charge in [0.25, 0.3) is 5.82 Å². The number of fused-ring (bicyclic) bond motifs is 1. The second-order valence-corrected chi connectivity index (χ2v) is 5.20. The molecule has 0 bridgehead atoms. The van der Waals surface area contributed by atoms with Crippen LogP contribution in [-0.2, 0) is 19.5 Å². The number of aromatic nitrogens is 2. The lowest BCUT2D eigenvalue weighted by Crippen LogP contribution is -3.00. The highest BCUT2D eigenvalue weighted by Gasteiger charge is 2.24. The van der Waals surface area contributed by atoms with Crippen LogP contribution in [0.15, 0.2) is 49.2 Å². The van der Waals surface area contributed by atoms with Crippen LogP contribution in [0.2, 0.25) is 0 Å². The van der Waals surface area contributed by atoms with Crippen LogP contribution in [-0.4, -0.2) is 4.57 Å². The number of benzene rings is 1. The van der Waals surface area contributed by atoms with Gasteiger partial charge in [0, 0.05) is 12.0 Å². The maximum Gasteiger partial charge on any atom is 0.257 e. The van der Waals surface area contributed by atoms with E-state index in [1.807, 2.05) is 6.08 Å². The molecule has 0 spiro atoms. The average molecular weight is 380 g/mol. The summed E-state index contributed by atoms with van der Waals surface area (Å²) in [6.07, 6.45) is 9.38. The van der Waals surface area contributed by atoms with Crippen LogP contribution >= 0.6 is 0 Å². The molecular formula is C17H21IN2. The molecule has 0 atom stereocenters. The van der Waals surface area contributed by atoms with Gasteiger partial charge in [-0.2, -0.15) is 0 Å². The van der Waals surface area contributed by atoms with Gasteiger partial charge in [-0.05, 0) is 19.3 Å². The van der Waals surface area contributed by atoms with E-state index >= 15 is 0 Å². The Bertz CT molecular complexity index is 572. The first-order chi connectivity index (χ1) is 9.40. The van der Waals surface area contributed by atoms with Crippen molar-refractivity contribution in [3.8, 4) is 11.3 Å². The Labute approximate surface area is 138 Å². The first-order valence-electron chi connectivity index (χ1n) is 7.18. The molecule has 0 N–H and O–H groups in total. The van der Waals surface area contributed by atoms with Gasteiger partial charge in [0.15, 0.2) is 5.69 Å². The molecule has 2 aromatic rings. The minimum absolute atomic E-state index is 0. The molecule has 106 valence electrons. The summed E-state index contributed by atoms with van der Waals surface area (Å²) >= 11 is 0. The van der Waals surface area contributed by atoms with Gasteiger partial charge in [0.2, 0.25) is 0 Å². The van der Waals surface area contributed by atoms with Crippen molar-refractivity contribution < 1.29 is 28.5 Å². The Kier molecular flexibility index (Phi) is 5.40. The molecule has 1 aliphatic heterocycles. The molecule has 0 saturated carbocycles. The van der Waals surface area contributed by atoms with Crippen LogP contribution < -0.4 is 28.5 Å². The lowest BCUT2D eigenvalue weighted by molar-refractivity contribution is -0.693. The van der Waals surface area contributed by atoms with Crippen molar-refractivity contribution in [3.63, 3.8) is 0 Å². The SMILES string of the molecule is C=CC[n+]1cc(-c2ccccc2)n2c1CCCCC2.[I-]. The quantitative estimate of drug-likeness (QED) is 0.413. The lowest BCUT2D eigenvalue weighted by Gasteiger charge is -2.02. The van der Waals surface area contributed by atoms with Crippen LogP contribution in [0.25, 0.3) is 11.3 Å². The number of rotatable bonds is 3. The molecule has 20 heavy (non-hydrogen) atoms.